The van der Waals surface area contributed by atoms with Crippen molar-refractivity contribution in [2.75, 3.05) is 5.75 Å². The lowest BCUT2D eigenvalue weighted by Crippen LogP contribution is -2.30. The second kappa shape index (κ2) is 5.80. The minimum atomic E-state index is -3.68. The fourth-order valence-electron chi connectivity index (χ4n) is 2.90. The molecule has 0 aliphatic carbocycles. The van der Waals surface area contributed by atoms with E-state index in [4.69, 9.17) is 0 Å². The number of thioether (sulfide) groups is 1. The SMILES string of the molecule is O=c1[nH]c2ccc(S(=O)(=O)N[C@@H]3CCSc4ccccc43)cc2[nH]1. The molecule has 6 nitrogen and oxygen atoms in total. The zero-order valence-electron chi connectivity index (χ0n) is 12.6. The number of benzene rings is 2. The van der Waals surface area contributed by atoms with Crippen molar-refractivity contribution in [3.8, 4) is 0 Å². The van der Waals surface area contributed by atoms with Crippen LogP contribution in [0.15, 0.2) is 57.1 Å². The molecular weight excluding hydrogens is 346 g/mol. The van der Waals surface area contributed by atoms with Gasteiger partial charge in [0.1, 0.15) is 0 Å². The van der Waals surface area contributed by atoms with E-state index >= 15 is 0 Å². The Hall–Kier alpha value is -2.03. The topological polar surface area (TPSA) is 94.8 Å². The second-order valence-electron chi connectivity index (χ2n) is 5.64. The van der Waals surface area contributed by atoms with Crippen molar-refractivity contribution < 1.29 is 8.42 Å². The van der Waals surface area contributed by atoms with E-state index in [1.807, 2.05) is 24.3 Å². The van der Waals surface area contributed by atoms with Crippen molar-refractivity contribution in [2.24, 2.45) is 0 Å². The number of hydrogen-bond donors (Lipinski definition) is 3. The highest BCUT2D eigenvalue weighted by molar-refractivity contribution is 7.99. The molecule has 0 spiro atoms. The lowest BCUT2D eigenvalue weighted by Gasteiger charge is -2.25. The highest BCUT2D eigenvalue weighted by atomic mass is 32.2. The van der Waals surface area contributed by atoms with Crippen LogP contribution in [0, 0.1) is 0 Å². The van der Waals surface area contributed by atoms with Crippen LogP contribution < -0.4 is 10.4 Å². The summed E-state index contributed by atoms with van der Waals surface area (Å²) in [5, 5.41) is 0. The molecular formula is C16H15N3O3S2. The summed E-state index contributed by atoms with van der Waals surface area (Å²) in [6.07, 6.45) is 0.740. The molecule has 0 fully saturated rings. The van der Waals surface area contributed by atoms with Gasteiger partial charge in [0.05, 0.1) is 15.9 Å². The number of H-pyrrole nitrogens is 2. The van der Waals surface area contributed by atoms with Gasteiger partial charge in [0.15, 0.2) is 0 Å². The van der Waals surface area contributed by atoms with Crippen molar-refractivity contribution in [1.82, 2.24) is 14.7 Å². The summed E-state index contributed by atoms with van der Waals surface area (Å²) >= 11 is 1.74. The van der Waals surface area contributed by atoms with Crippen LogP contribution in [0.3, 0.4) is 0 Å². The summed E-state index contributed by atoms with van der Waals surface area (Å²) in [4.78, 5) is 17.8. The Morgan fingerprint density at radius 3 is 2.75 bits per heavy atom. The highest BCUT2D eigenvalue weighted by Gasteiger charge is 2.26. The van der Waals surface area contributed by atoms with Gasteiger partial charge in [-0.15, -0.1) is 11.8 Å². The van der Waals surface area contributed by atoms with Crippen LogP contribution in [-0.4, -0.2) is 24.1 Å². The van der Waals surface area contributed by atoms with Crippen LogP contribution in [0.25, 0.3) is 11.0 Å². The molecule has 3 N–H and O–H groups in total. The first-order chi connectivity index (χ1) is 11.5. The number of fused-ring (bicyclic) bond motifs is 2. The Morgan fingerprint density at radius 1 is 1.08 bits per heavy atom. The Kier molecular flexibility index (Phi) is 3.75. The number of sulfonamides is 1. The van der Waals surface area contributed by atoms with Crippen LogP contribution >= 0.6 is 11.8 Å². The van der Waals surface area contributed by atoms with Crippen LogP contribution in [-0.2, 0) is 10.0 Å². The first-order valence-corrected chi connectivity index (χ1v) is 9.96. The van der Waals surface area contributed by atoms with E-state index in [0.717, 1.165) is 22.6 Å². The Balaban J connectivity index is 1.69. The molecule has 24 heavy (non-hydrogen) atoms. The lowest BCUT2D eigenvalue weighted by atomic mass is 10.1. The van der Waals surface area contributed by atoms with E-state index in [0.29, 0.717) is 11.0 Å². The van der Waals surface area contributed by atoms with Gasteiger partial charge < -0.3 is 9.97 Å². The largest absolute Gasteiger partial charge is 0.323 e. The molecule has 0 amide bonds. The van der Waals surface area contributed by atoms with Crippen molar-refractivity contribution in [3.05, 3.63) is 58.5 Å². The van der Waals surface area contributed by atoms with Crippen molar-refractivity contribution in [3.63, 3.8) is 0 Å². The number of aromatic nitrogens is 2. The molecule has 0 bridgehead atoms. The second-order valence-corrected chi connectivity index (χ2v) is 8.49. The van der Waals surface area contributed by atoms with Crippen LogP contribution in [0.2, 0.25) is 0 Å². The maximum Gasteiger partial charge on any atom is 0.323 e. The minimum Gasteiger partial charge on any atom is -0.306 e. The van der Waals surface area contributed by atoms with Crippen LogP contribution in [0.1, 0.15) is 18.0 Å². The first-order valence-electron chi connectivity index (χ1n) is 7.49. The number of hydrogen-bond acceptors (Lipinski definition) is 4. The summed E-state index contributed by atoms with van der Waals surface area (Å²) in [7, 11) is -3.68. The monoisotopic (exact) mass is 361 g/mol. The van der Waals surface area contributed by atoms with Crippen LogP contribution in [0.5, 0.6) is 0 Å². The summed E-state index contributed by atoms with van der Waals surface area (Å²) in [5.74, 6) is 0.869. The first kappa shape index (κ1) is 15.5. The summed E-state index contributed by atoms with van der Waals surface area (Å²) < 4.78 is 28.3. The van der Waals surface area contributed by atoms with Gasteiger partial charge >= 0.3 is 5.69 Å². The maximum atomic E-state index is 12.7. The van der Waals surface area contributed by atoms with Gasteiger partial charge in [-0.2, -0.15) is 0 Å². The number of nitrogens with one attached hydrogen (secondary N) is 3. The predicted molar refractivity (Wildman–Crippen MR) is 93.8 cm³/mol. The zero-order valence-corrected chi connectivity index (χ0v) is 14.2. The van der Waals surface area contributed by atoms with Gasteiger partial charge in [0.25, 0.3) is 0 Å². The molecule has 4 rings (SSSR count). The zero-order chi connectivity index (χ0) is 16.7. The average molecular weight is 361 g/mol. The third-order valence-electron chi connectivity index (χ3n) is 4.05. The summed E-state index contributed by atoms with van der Waals surface area (Å²) in [6, 6.07) is 12.2. The molecule has 0 unspecified atom stereocenters. The van der Waals surface area contributed by atoms with Gasteiger partial charge in [-0.3, -0.25) is 0 Å². The fraction of sp³-hybridized carbons (Fsp3) is 0.188. The van der Waals surface area contributed by atoms with Gasteiger partial charge in [-0.1, -0.05) is 18.2 Å². The van der Waals surface area contributed by atoms with Crippen molar-refractivity contribution >= 4 is 32.8 Å². The number of rotatable bonds is 3. The molecule has 8 heteroatoms. The normalized spacial score (nSPS) is 17.8. The van der Waals surface area contributed by atoms with Gasteiger partial charge in [0.2, 0.25) is 10.0 Å². The summed E-state index contributed by atoms with van der Waals surface area (Å²) in [6.45, 7) is 0. The molecule has 2 heterocycles. The van der Waals surface area contributed by atoms with E-state index in [-0.39, 0.29) is 16.6 Å². The fourth-order valence-corrected chi connectivity index (χ4v) is 5.30. The molecule has 2 aromatic carbocycles. The van der Waals surface area contributed by atoms with E-state index in [1.54, 1.807) is 17.8 Å². The van der Waals surface area contributed by atoms with Crippen LogP contribution in [0.4, 0.5) is 0 Å². The molecule has 124 valence electrons. The molecule has 0 saturated heterocycles. The van der Waals surface area contributed by atoms with Gasteiger partial charge in [-0.25, -0.2) is 17.9 Å². The lowest BCUT2D eigenvalue weighted by molar-refractivity contribution is 0.546. The molecule has 1 aliphatic heterocycles. The van der Waals surface area contributed by atoms with Gasteiger partial charge in [-0.05, 0) is 42.0 Å². The molecule has 3 aromatic rings. The third-order valence-corrected chi connectivity index (χ3v) is 6.65. The van der Waals surface area contributed by atoms with Gasteiger partial charge in [0, 0.05) is 10.9 Å². The Labute approximate surface area is 142 Å². The Bertz CT molecular complexity index is 1070. The number of imidazole rings is 1. The molecule has 1 atom stereocenters. The smallest absolute Gasteiger partial charge is 0.306 e. The standard InChI is InChI=1S/C16H15N3O3S2/c20-16-17-13-6-5-10(9-14(13)18-16)24(21,22)19-12-7-8-23-15-4-2-1-3-11(12)15/h1-6,9,12,19H,7-8H2,(H2,17,18,20)/t12-/m1/s1. The maximum absolute atomic E-state index is 12.7. The molecule has 0 saturated carbocycles. The molecule has 1 aliphatic rings. The van der Waals surface area contributed by atoms with E-state index in [2.05, 4.69) is 14.7 Å². The summed E-state index contributed by atoms with van der Waals surface area (Å²) in [5.41, 5.74) is 1.71. The van der Waals surface area contributed by atoms with Crippen molar-refractivity contribution in [2.45, 2.75) is 22.3 Å². The Morgan fingerprint density at radius 2 is 1.88 bits per heavy atom. The average Bonchev–Trinajstić information content (AvgIpc) is 2.94. The quantitative estimate of drug-likeness (QED) is 0.667. The van der Waals surface area contributed by atoms with Crippen molar-refractivity contribution in [1.29, 1.82) is 0 Å². The van der Waals surface area contributed by atoms with E-state index in [9.17, 15) is 13.2 Å². The molecule has 1 aromatic heterocycles. The third kappa shape index (κ3) is 2.77. The number of aromatic amines is 2. The minimum absolute atomic E-state index is 0.140. The molecule has 0 radical (unpaired) electrons. The highest BCUT2D eigenvalue weighted by Crippen LogP contribution is 2.36. The van der Waals surface area contributed by atoms with E-state index in [1.165, 1.54) is 12.1 Å². The van der Waals surface area contributed by atoms with E-state index < -0.39 is 10.0 Å². The predicted octanol–water partition coefficient (Wildman–Crippen LogP) is 2.37.